The maximum atomic E-state index is 13.8. The molecule has 0 spiro atoms. The highest BCUT2D eigenvalue weighted by atomic mass is 35.5. The maximum absolute atomic E-state index is 13.8. The predicted molar refractivity (Wildman–Crippen MR) is 77.4 cm³/mol. The van der Waals surface area contributed by atoms with Gasteiger partial charge in [0.25, 0.3) is 0 Å². The van der Waals surface area contributed by atoms with Crippen LogP contribution >= 0.6 is 22.9 Å². The van der Waals surface area contributed by atoms with Crippen molar-refractivity contribution in [2.75, 3.05) is 6.54 Å². The average molecular weight is 318 g/mol. The summed E-state index contributed by atoms with van der Waals surface area (Å²) in [6.45, 7) is 3.18. The molecule has 0 saturated heterocycles. The normalized spacial score (nSPS) is 10.8. The van der Waals surface area contributed by atoms with Crippen LogP contribution < -0.4 is 10.1 Å². The van der Waals surface area contributed by atoms with Crippen LogP contribution in [0.5, 0.6) is 5.75 Å². The molecule has 1 N–H and O–H groups in total. The molecule has 0 atom stereocenters. The lowest BCUT2D eigenvalue weighted by molar-refractivity contribution is 0.276. The molecule has 20 heavy (non-hydrogen) atoms. The lowest BCUT2D eigenvalue weighted by atomic mass is 10.2. The Bertz CT molecular complexity index is 565. The monoisotopic (exact) mass is 317 g/mol. The van der Waals surface area contributed by atoms with Gasteiger partial charge in [0, 0.05) is 11.4 Å². The molecule has 2 rings (SSSR count). The number of halogens is 3. The van der Waals surface area contributed by atoms with Gasteiger partial charge in [-0.15, -0.1) is 11.3 Å². The summed E-state index contributed by atoms with van der Waals surface area (Å²) >= 11 is 7.10. The molecule has 0 amide bonds. The number of hydrogen-bond acceptors (Lipinski definition) is 3. The second-order valence-electron chi connectivity index (χ2n) is 4.16. The summed E-state index contributed by atoms with van der Waals surface area (Å²) in [5.41, 5.74) is 0.549. The van der Waals surface area contributed by atoms with Gasteiger partial charge < -0.3 is 10.1 Å². The molecule has 1 aromatic carbocycles. The van der Waals surface area contributed by atoms with Gasteiger partial charge in [0.05, 0.1) is 4.34 Å². The molecule has 108 valence electrons. The molecular weight excluding hydrogens is 304 g/mol. The minimum absolute atomic E-state index is 0.0950. The molecule has 0 unspecified atom stereocenters. The molecule has 1 heterocycles. The van der Waals surface area contributed by atoms with E-state index in [1.54, 1.807) is 12.1 Å². The number of benzene rings is 1. The highest BCUT2D eigenvalue weighted by Gasteiger charge is 2.13. The third-order valence-electron chi connectivity index (χ3n) is 2.62. The third kappa shape index (κ3) is 3.91. The molecule has 0 aliphatic carbocycles. The Balaban J connectivity index is 2.07. The lowest BCUT2D eigenvalue weighted by Gasteiger charge is -2.09. The van der Waals surface area contributed by atoms with Crippen LogP contribution in [0, 0.1) is 11.6 Å². The zero-order valence-corrected chi connectivity index (χ0v) is 12.5. The van der Waals surface area contributed by atoms with Crippen LogP contribution in [0.25, 0.3) is 0 Å². The summed E-state index contributed by atoms with van der Waals surface area (Å²) in [6.07, 6.45) is 0. The molecule has 0 fully saturated rings. The molecular formula is C14H14ClF2NOS. The number of thiophene rings is 1. The highest BCUT2D eigenvalue weighted by Crippen LogP contribution is 2.27. The predicted octanol–water partition coefficient (Wildman–Crippen LogP) is 4.37. The van der Waals surface area contributed by atoms with Crippen molar-refractivity contribution in [1.29, 1.82) is 0 Å². The smallest absolute Gasteiger partial charge is 0.191 e. The fraction of sp³-hybridized carbons (Fsp3) is 0.286. The van der Waals surface area contributed by atoms with Crippen molar-refractivity contribution in [1.82, 2.24) is 5.32 Å². The Labute approximate surface area is 125 Å². The highest BCUT2D eigenvalue weighted by molar-refractivity contribution is 7.16. The van der Waals surface area contributed by atoms with Gasteiger partial charge in [-0.25, -0.2) is 8.78 Å². The number of nitrogens with one attached hydrogen (secondary N) is 1. The number of hydrogen-bond donors (Lipinski definition) is 1. The van der Waals surface area contributed by atoms with Gasteiger partial charge in [0.15, 0.2) is 17.4 Å². The fourth-order valence-electron chi connectivity index (χ4n) is 1.69. The summed E-state index contributed by atoms with van der Waals surface area (Å²) in [5, 5.41) is 3.01. The fourth-order valence-corrected chi connectivity index (χ4v) is 2.70. The van der Waals surface area contributed by atoms with Crippen LogP contribution in [-0.4, -0.2) is 6.54 Å². The molecule has 2 nitrogen and oxygen atoms in total. The largest absolute Gasteiger partial charge is 0.482 e. The van der Waals surface area contributed by atoms with E-state index in [1.807, 2.05) is 6.92 Å². The quantitative estimate of drug-likeness (QED) is 0.854. The first-order valence-electron chi connectivity index (χ1n) is 6.15. The first-order chi connectivity index (χ1) is 9.60. The van der Waals surface area contributed by atoms with E-state index in [-0.39, 0.29) is 12.4 Å². The molecule has 0 saturated carbocycles. The SMILES string of the molecule is CCNCc1cc(F)c(OCc2ccc(Cl)s2)c(F)c1. The van der Waals surface area contributed by atoms with Crippen LogP contribution in [0.1, 0.15) is 17.4 Å². The second-order valence-corrected chi connectivity index (χ2v) is 5.96. The zero-order valence-electron chi connectivity index (χ0n) is 10.9. The van der Waals surface area contributed by atoms with Crippen LogP contribution in [0.3, 0.4) is 0 Å². The molecule has 0 aliphatic rings. The molecule has 0 aliphatic heterocycles. The Morgan fingerprint density at radius 2 is 1.95 bits per heavy atom. The van der Waals surface area contributed by atoms with Gasteiger partial charge >= 0.3 is 0 Å². The van der Waals surface area contributed by atoms with Crippen molar-refractivity contribution >= 4 is 22.9 Å². The van der Waals surface area contributed by atoms with Gasteiger partial charge in [0.2, 0.25) is 0 Å². The van der Waals surface area contributed by atoms with Gasteiger partial charge in [0.1, 0.15) is 6.61 Å². The summed E-state index contributed by atoms with van der Waals surface area (Å²) in [4.78, 5) is 0.811. The van der Waals surface area contributed by atoms with Crippen molar-refractivity contribution in [3.63, 3.8) is 0 Å². The first kappa shape index (κ1) is 15.2. The zero-order chi connectivity index (χ0) is 14.5. The number of rotatable bonds is 6. The lowest BCUT2D eigenvalue weighted by Crippen LogP contribution is -2.12. The standard InChI is InChI=1S/C14H14ClF2NOS/c1-2-18-7-9-5-11(16)14(12(17)6-9)19-8-10-3-4-13(15)20-10/h3-6,18H,2,7-8H2,1H3. The van der Waals surface area contributed by atoms with Crippen molar-refractivity contribution < 1.29 is 13.5 Å². The van der Waals surface area contributed by atoms with E-state index in [0.29, 0.717) is 16.4 Å². The van der Waals surface area contributed by atoms with Crippen LogP contribution in [0.15, 0.2) is 24.3 Å². The Hall–Kier alpha value is -1.17. The topological polar surface area (TPSA) is 21.3 Å². The van der Waals surface area contributed by atoms with E-state index in [9.17, 15) is 8.78 Å². The summed E-state index contributed by atoms with van der Waals surface area (Å²) in [5.74, 6) is -1.74. The average Bonchev–Trinajstić information content (AvgIpc) is 2.81. The minimum atomic E-state index is -0.694. The van der Waals surface area contributed by atoms with Gasteiger partial charge in [-0.05, 0) is 36.4 Å². The maximum Gasteiger partial charge on any atom is 0.191 e. The molecule has 0 radical (unpaired) electrons. The van der Waals surface area contributed by atoms with Crippen molar-refractivity contribution in [2.24, 2.45) is 0 Å². The minimum Gasteiger partial charge on any atom is -0.482 e. The van der Waals surface area contributed by atoms with E-state index in [0.717, 1.165) is 11.4 Å². The summed E-state index contributed by atoms with van der Waals surface area (Å²) in [6, 6.07) is 6.05. The van der Waals surface area contributed by atoms with E-state index in [2.05, 4.69) is 5.32 Å². The van der Waals surface area contributed by atoms with Gasteiger partial charge in [-0.1, -0.05) is 18.5 Å². The molecule has 2 aromatic rings. The third-order valence-corrected chi connectivity index (χ3v) is 3.83. The molecule has 6 heteroatoms. The Morgan fingerprint density at radius 3 is 2.50 bits per heavy atom. The summed E-state index contributed by atoms with van der Waals surface area (Å²) < 4.78 is 33.5. The van der Waals surface area contributed by atoms with Crippen molar-refractivity contribution in [3.05, 3.63) is 50.7 Å². The molecule has 0 bridgehead atoms. The van der Waals surface area contributed by atoms with Crippen LogP contribution in [0.2, 0.25) is 4.34 Å². The van der Waals surface area contributed by atoms with E-state index in [4.69, 9.17) is 16.3 Å². The van der Waals surface area contributed by atoms with Crippen LogP contribution in [-0.2, 0) is 13.2 Å². The van der Waals surface area contributed by atoms with Crippen molar-refractivity contribution in [2.45, 2.75) is 20.1 Å². The van der Waals surface area contributed by atoms with E-state index >= 15 is 0 Å². The number of ether oxygens (including phenoxy) is 1. The second kappa shape index (κ2) is 7.02. The Kier molecular flexibility index (Phi) is 5.34. The first-order valence-corrected chi connectivity index (χ1v) is 7.35. The van der Waals surface area contributed by atoms with Crippen molar-refractivity contribution in [3.8, 4) is 5.75 Å². The van der Waals surface area contributed by atoms with Crippen LogP contribution in [0.4, 0.5) is 8.78 Å². The summed E-state index contributed by atoms with van der Waals surface area (Å²) in [7, 11) is 0. The molecule has 1 aromatic heterocycles. The van der Waals surface area contributed by atoms with Gasteiger partial charge in [-0.3, -0.25) is 0 Å². The van der Waals surface area contributed by atoms with Gasteiger partial charge in [-0.2, -0.15) is 0 Å². The Morgan fingerprint density at radius 1 is 1.25 bits per heavy atom. The van der Waals surface area contributed by atoms with E-state index in [1.165, 1.54) is 23.5 Å². The van der Waals surface area contributed by atoms with E-state index < -0.39 is 11.6 Å².